The number of nitrogens with zero attached hydrogens (tertiary/aromatic N) is 5. The number of fused-ring (bicyclic) bond motifs is 1. The smallest absolute Gasteiger partial charge is 0.332 e. The number of halogens is 1. The molecule has 0 fully saturated rings. The number of carbonyl (C=O) groups is 1. The number of anilines is 1. The Balaban J connectivity index is 1.45. The van der Waals surface area contributed by atoms with Gasteiger partial charge in [0.25, 0.3) is 5.56 Å². The fraction of sp³-hybridized carbons (Fsp3) is 0.391. The summed E-state index contributed by atoms with van der Waals surface area (Å²) in [6.07, 6.45) is 2.96. The van der Waals surface area contributed by atoms with E-state index in [9.17, 15) is 14.4 Å². The minimum absolute atomic E-state index is 0.0699. The summed E-state index contributed by atoms with van der Waals surface area (Å²) in [5.74, 6) is 0.783. The van der Waals surface area contributed by atoms with Crippen LogP contribution >= 0.6 is 11.6 Å². The van der Waals surface area contributed by atoms with Crippen molar-refractivity contribution in [2.45, 2.75) is 59.0 Å². The molecule has 11 nitrogen and oxygen atoms in total. The van der Waals surface area contributed by atoms with Crippen molar-refractivity contribution in [3.8, 4) is 0 Å². The number of carbonyl (C=O) groups excluding carboxylic acids is 1. The number of benzene rings is 1. The number of aromatic nitrogens is 6. The van der Waals surface area contributed by atoms with Crippen LogP contribution in [0, 0.1) is 0 Å². The van der Waals surface area contributed by atoms with Crippen LogP contribution < -0.4 is 16.6 Å². The van der Waals surface area contributed by atoms with E-state index in [2.05, 4.69) is 25.4 Å². The molecule has 0 aliphatic rings. The summed E-state index contributed by atoms with van der Waals surface area (Å²) >= 11 is 5.96. The monoisotopic (exact) mass is 499 g/mol. The standard InChI is InChI=1S/C23H26ClN7O4/c1-3-4-10-30-20-19(27-22(24)28-20)21(33)31(23(30)34)11-6-9-18-26-17(29-35-18)13-15-7-5-8-16(12-15)25-14(2)32/h5,7-8,12H,3-4,6,9-11,13H2,1-2H3,(H,25,32)(H,27,28). The van der Waals surface area contributed by atoms with Gasteiger partial charge < -0.3 is 14.8 Å². The summed E-state index contributed by atoms with van der Waals surface area (Å²) in [6.45, 7) is 4.11. The molecule has 0 aliphatic heterocycles. The first-order chi connectivity index (χ1) is 16.9. The molecule has 0 atom stereocenters. The number of amides is 1. The summed E-state index contributed by atoms with van der Waals surface area (Å²) in [4.78, 5) is 48.4. The Labute approximate surface area is 205 Å². The molecule has 1 amide bonds. The summed E-state index contributed by atoms with van der Waals surface area (Å²) in [6, 6.07) is 7.41. The molecule has 3 aromatic heterocycles. The molecule has 1 aromatic carbocycles. The van der Waals surface area contributed by atoms with Crippen LogP contribution in [-0.4, -0.2) is 35.1 Å². The first-order valence-electron chi connectivity index (χ1n) is 11.4. The van der Waals surface area contributed by atoms with Gasteiger partial charge in [-0.3, -0.25) is 18.7 Å². The lowest BCUT2D eigenvalue weighted by Crippen LogP contribution is -2.40. The third-order valence-corrected chi connectivity index (χ3v) is 5.64. The Bertz CT molecular complexity index is 1470. The lowest BCUT2D eigenvalue weighted by Gasteiger charge is -2.10. The quantitative estimate of drug-likeness (QED) is 0.319. The lowest BCUT2D eigenvalue weighted by molar-refractivity contribution is -0.114. The zero-order chi connectivity index (χ0) is 24.9. The van der Waals surface area contributed by atoms with Gasteiger partial charge in [-0.1, -0.05) is 30.6 Å². The van der Waals surface area contributed by atoms with Crippen LogP contribution in [-0.2, 0) is 30.7 Å². The van der Waals surface area contributed by atoms with Gasteiger partial charge >= 0.3 is 5.69 Å². The molecular formula is C23H26ClN7O4. The number of hydrogen-bond acceptors (Lipinski definition) is 7. The van der Waals surface area contributed by atoms with Gasteiger partial charge in [0.2, 0.25) is 17.1 Å². The van der Waals surface area contributed by atoms with Crippen molar-refractivity contribution in [1.82, 2.24) is 29.2 Å². The van der Waals surface area contributed by atoms with Gasteiger partial charge in [-0.25, -0.2) is 4.79 Å². The number of H-pyrrole nitrogens is 1. The highest BCUT2D eigenvalue weighted by molar-refractivity contribution is 6.28. The Hall–Kier alpha value is -3.73. The Morgan fingerprint density at radius 1 is 1.17 bits per heavy atom. The minimum Gasteiger partial charge on any atom is -0.339 e. The second-order valence-corrected chi connectivity index (χ2v) is 8.60. The molecule has 3 heterocycles. The van der Waals surface area contributed by atoms with Gasteiger partial charge in [-0.2, -0.15) is 9.97 Å². The van der Waals surface area contributed by atoms with Crippen molar-refractivity contribution in [2.75, 3.05) is 5.32 Å². The van der Waals surface area contributed by atoms with Crippen molar-refractivity contribution in [1.29, 1.82) is 0 Å². The maximum Gasteiger partial charge on any atom is 0.332 e. The van der Waals surface area contributed by atoms with Gasteiger partial charge in [0.15, 0.2) is 17.0 Å². The third kappa shape index (κ3) is 5.68. The van der Waals surface area contributed by atoms with Crippen molar-refractivity contribution < 1.29 is 9.32 Å². The van der Waals surface area contributed by atoms with E-state index in [-0.39, 0.29) is 28.9 Å². The molecule has 184 valence electrons. The van der Waals surface area contributed by atoms with Crippen LogP contribution in [0.4, 0.5) is 5.69 Å². The van der Waals surface area contributed by atoms with E-state index >= 15 is 0 Å². The highest BCUT2D eigenvalue weighted by Gasteiger charge is 2.17. The molecule has 35 heavy (non-hydrogen) atoms. The van der Waals surface area contributed by atoms with E-state index < -0.39 is 11.2 Å². The van der Waals surface area contributed by atoms with Crippen LogP contribution in [0.25, 0.3) is 11.2 Å². The summed E-state index contributed by atoms with van der Waals surface area (Å²) in [7, 11) is 0. The number of hydrogen-bond donors (Lipinski definition) is 2. The molecule has 12 heteroatoms. The van der Waals surface area contributed by atoms with E-state index in [4.69, 9.17) is 16.1 Å². The van der Waals surface area contributed by atoms with Crippen LogP contribution in [0.2, 0.25) is 5.28 Å². The molecule has 0 aliphatic carbocycles. The predicted octanol–water partition coefficient (Wildman–Crippen LogP) is 2.90. The second-order valence-electron chi connectivity index (χ2n) is 8.24. The van der Waals surface area contributed by atoms with Crippen molar-refractivity contribution in [3.05, 3.63) is 67.7 Å². The maximum atomic E-state index is 13.0. The van der Waals surface area contributed by atoms with E-state index in [1.807, 2.05) is 25.1 Å². The number of imidazole rings is 1. The maximum absolute atomic E-state index is 13.0. The predicted molar refractivity (Wildman–Crippen MR) is 131 cm³/mol. The topological polar surface area (TPSA) is 141 Å². The van der Waals surface area contributed by atoms with Gasteiger partial charge in [0.05, 0.1) is 0 Å². The number of rotatable bonds is 10. The Morgan fingerprint density at radius 2 is 1.97 bits per heavy atom. The molecule has 0 radical (unpaired) electrons. The molecular weight excluding hydrogens is 474 g/mol. The SMILES string of the molecule is CCCCn1c(=O)n(CCCc2nc(Cc3cccc(NC(C)=O)c3)no2)c(=O)c2[nH]c(Cl)nc21. The average Bonchev–Trinajstić information content (AvgIpc) is 3.42. The molecule has 0 saturated carbocycles. The normalized spacial score (nSPS) is 11.3. The van der Waals surface area contributed by atoms with E-state index in [1.165, 1.54) is 16.1 Å². The fourth-order valence-corrected chi connectivity index (χ4v) is 4.02. The molecule has 0 bridgehead atoms. The third-order valence-electron chi connectivity index (χ3n) is 5.46. The first kappa shape index (κ1) is 24.4. The van der Waals surface area contributed by atoms with Crippen LogP contribution in [0.1, 0.15) is 50.4 Å². The van der Waals surface area contributed by atoms with Gasteiger partial charge in [0.1, 0.15) is 0 Å². The molecule has 0 saturated heterocycles. The van der Waals surface area contributed by atoms with E-state index in [0.717, 1.165) is 18.4 Å². The summed E-state index contributed by atoms with van der Waals surface area (Å²) in [5, 5.41) is 6.83. The zero-order valence-corrected chi connectivity index (χ0v) is 20.3. The van der Waals surface area contributed by atoms with Gasteiger partial charge in [-0.05, 0) is 42.1 Å². The van der Waals surface area contributed by atoms with Crippen molar-refractivity contribution in [3.63, 3.8) is 0 Å². The highest BCUT2D eigenvalue weighted by atomic mass is 35.5. The van der Waals surface area contributed by atoms with Crippen LogP contribution in [0.3, 0.4) is 0 Å². The largest absolute Gasteiger partial charge is 0.339 e. The zero-order valence-electron chi connectivity index (χ0n) is 19.5. The number of nitrogens with one attached hydrogen (secondary N) is 2. The average molecular weight is 500 g/mol. The second kappa shape index (κ2) is 10.7. The highest BCUT2D eigenvalue weighted by Crippen LogP contribution is 2.14. The molecule has 4 aromatic rings. The van der Waals surface area contributed by atoms with Crippen LogP contribution in [0.5, 0.6) is 0 Å². The molecule has 0 spiro atoms. The fourth-order valence-electron chi connectivity index (χ4n) is 3.85. The van der Waals surface area contributed by atoms with E-state index in [1.54, 1.807) is 6.07 Å². The summed E-state index contributed by atoms with van der Waals surface area (Å²) < 4.78 is 8.03. The lowest BCUT2D eigenvalue weighted by atomic mass is 10.1. The molecule has 0 unspecified atom stereocenters. The number of aryl methyl sites for hydroxylation is 2. The summed E-state index contributed by atoms with van der Waals surface area (Å²) in [5.41, 5.74) is 1.25. The number of aromatic amines is 1. The molecule has 4 rings (SSSR count). The first-order valence-corrected chi connectivity index (χ1v) is 11.8. The minimum atomic E-state index is -0.456. The Morgan fingerprint density at radius 3 is 2.74 bits per heavy atom. The van der Waals surface area contributed by atoms with Gasteiger partial charge in [0, 0.05) is 38.5 Å². The Kier molecular flexibility index (Phi) is 7.45. The number of unbranched alkanes of at least 4 members (excludes halogenated alkanes) is 1. The van der Waals surface area contributed by atoms with Crippen molar-refractivity contribution in [2.24, 2.45) is 0 Å². The van der Waals surface area contributed by atoms with E-state index in [0.29, 0.717) is 43.2 Å². The molecule has 2 N–H and O–H groups in total. The van der Waals surface area contributed by atoms with Crippen molar-refractivity contribution >= 4 is 34.4 Å². The van der Waals surface area contributed by atoms with Gasteiger partial charge in [-0.15, -0.1) is 0 Å². The van der Waals surface area contributed by atoms with Crippen LogP contribution in [0.15, 0.2) is 38.4 Å².